The van der Waals surface area contributed by atoms with Gasteiger partial charge in [-0.3, -0.25) is 9.10 Å². The Morgan fingerprint density at radius 2 is 1.76 bits per heavy atom. The number of rotatable bonds is 9. The standard InChI is InChI=1S/C30H32N4O6S/c1-33(2)14-15-34(41(4,37)38)23-10-8-22(9-11-23)31-28(20-6-5-19-13-16-40-26(19)18-20)27-24-12-7-21(30(36)39-3)17-25(24)32-29(27)35/h5-12,17-18,31H,13-16H2,1-4H3,(H,32,35)/b28-27-. The highest BCUT2D eigenvalue weighted by molar-refractivity contribution is 7.92. The van der Waals surface area contributed by atoms with Crippen molar-refractivity contribution in [3.63, 3.8) is 0 Å². The molecule has 0 saturated carbocycles. The maximum absolute atomic E-state index is 13.4. The topological polar surface area (TPSA) is 117 Å². The number of amides is 1. The number of fused-ring (bicyclic) bond motifs is 2. The summed E-state index contributed by atoms with van der Waals surface area (Å²) in [4.78, 5) is 27.4. The lowest BCUT2D eigenvalue weighted by molar-refractivity contribution is -0.110. The molecule has 10 nitrogen and oxygen atoms in total. The Balaban J connectivity index is 1.56. The van der Waals surface area contributed by atoms with Gasteiger partial charge in [-0.25, -0.2) is 13.2 Å². The molecule has 0 radical (unpaired) electrons. The Hall–Kier alpha value is -4.35. The van der Waals surface area contributed by atoms with Crippen LogP contribution in [-0.4, -0.2) is 72.4 Å². The number of nitrogens with zero attached hydrogens (tertiary/aromatic N) is 2. The Bertz CT molecular complexity index is 1650. The molecule has 2 aliphatic rings. The van der Waals surface area contributed by atoms with E-state index >= 15 is 0 Å². The number of likely N-dealkylation sites (N-methyl/N-ethyl adjacent to an activating group) is 1. The SMILES string of the molecule is COC(=O)c1ccc2c(c1)NC(=O)/C2=C(\Nc1ccc(N(CCN(C)C)S(C)(=O)=O)cc1)c1ccc2c(c1)OCC2. The van der Waals surface area contributed by atoms with E-state index in [1.54, 1.807) is 42.5 Å². The summed E-state index contributed by atoms with van der Waals surface area (Å²) in [7, 11) is 1.60. The van der Waals surface area contributed by atoms with Crippen LogP contribution in [-0.2, 0) is 26.0 Å². The molecule has 2 heterocycles. The van der Waals surface area contributed by atoms with Gasteiger partial charge in [-0.05, 0) is 62.1 Å². The summed E-state index contributed by atoms with van der Waals surface area (Å²) >= 11 is 0. The van der Waals surface area contributed by atoms with Crippen LogP contribution >= 0.6 is 0 Å². The number of carbonyl (C=O) groups excluding carboxylic acids is 2. The van der Waals surface area contributed by atoms with Gasteiger partial charge in [0.15, 0.2) is 0 Å². The van der Waals surface area contributed by atoms with E-state index in [4.69, 9.17) is 9.47 Å². The number of anilines is 3. The highest BCUT2D eigenvalue weighted by Gasteiger charge is 2.30. The van der Waals surface area contributed by atoms with Gasteiger partial charge in [0.2, 0.25) is 10.0 Å². The first kappa shape index (κ1) is 28.2. The molecule has 0 aliphatic carbocycles. The monoisotopic (exact) mass is 576 g/mol. The maximum Gasteiger partial charge on any atom is 0.337 e. The lowest BCUT2D eigenvalue weighted by Crippen LogP contribution is -2.35. The highest BCUT2D eigenvalue weighted by atomic mass is 32.2. The number of benzene rings is 3. The quantitative estimate of drug-likeness (QED) is 0.293. The van der Waals surface area contributed by atoms with E-state index in [2.05, 4.69) is 10.6 Å². The van der Waals surface area contributed by atoms with E-state index in [-0.39, 0.29) is 5.91 Å². The number of methoxy groups -OCH3 is 1. The zero-order valence-corrected chi connectivity index (χ0v) is 24.2. The molecule has 3 aromatic rings. The summed E-state index contributed by atoms with van der Waals surface area (Å²) in [5.41, 5.74) is 5.46. The minimum atomic E-state index is -3.49. The Labute approximate surface area is 239 Å². The number of hydrogen-bond acceptors (Lipinski definition) is 8. The van der Waals surface area contributed by atoms with Crippen molar-refractivity contribution in [3.05, 3.63) is 82.9 Å². The van der Waals surface area contributed by atoms with Gasteiger partial charge in [0.1, 0.15) is 5.75 Å². The molecule has 0 unspecified atom stereocenters. The van der Waals surface area contributed by atoms with Crippen molar-refractivity contribution < 1.29 is 27.5 Å². The fraction of sp³-hybridized carbons (Fsp3) is 0.267. The van der Waals surface area contributed by atoms with Crippen molar-refractivity contribution in [2.45, 2.75) is 6.42 Å². The van der Waals surface area contributed by atoms with Crippen LogP contribution < -0.4 is 19.7 Å². The second-order valence-electron chi connectivity index (χ2n) is 10.2. The fourth-order valence-electron chi connectivity index (χ4n) is 4.90. The summed E-state index contributed by atoms with van der Waals surface area (Å²) in [5, 5.41) is 6.26. The van der Waals surface area contributed by atoms with Crippen LogP contribution in [0.2, 0.25) is 0 Å². The predicted molar refractivity (Wildman–Crippen MR) is 160 cm³/mol. The number of esters is 1. The molecule has 0 aromatic heterocycles. The van der Waals surface area contributed by atoms with Gasteiger partial charge in [0.05, 0.1) is 48.2 Å². The highest BCUT2D eigenvalue weighted by Crippen LogP contribution is 2.40. The molecule has 0 fully saturated rings. The number of hydrogen-bond donors (Lipinski definition) is 2. The van der Waals surface area contributed by atoms with Crippen LogP contribution in [0.4, 0.5) is 17.1 Å². The van der Waals surface area contributed by atoms with Gasteiger partial charge in [-0.1, -0.05) is 18.2 Å². The third-order valence-electron chi connectivity index (χ3n) is 7.00. The van der Waals surface area contributed by atoms with Gasteiger partial charge >= 0.3 is 5.97 Å². The Morgan fingerprint density at radius 1 is 1.02 bits per heavy atom. The van der Waals surface area contributed by atoms with Crippen molar-refractivity contribution in [2.75, 3.05) is 62.1 Å². The number of nitrogens with one attached hydrogen (secondary N) is 2. The molecule has 3 aromatic carbocycles. The minimum Gasteiger partial charge on any atom is -0.493 e. The molecule has 1 amide bonds. The molecule has 5 rings (SSSR count). The summed E-state index contributed by atoms with van der Waals surface area (Å²) in [6.07, 6.45) is 2.01. The first-order valence-corrected chi connectivity index (χ1v) is 14.9. The normalized spacial score (nSPS) is 15.1. The zero-order valence-electron chi connectivity index (χ0n) is 23.4. The molecular formula is C30H32N4O6S. The van der Waals surface area contributed by atoms with Crippen molar-refractivity contribution >= 4 is 50.2 Å². The molecular weight excluding hydrogens is 544 g/mol. The molecule has 41 heavy (non-hydrogen) atoms. The van der Waals surface area contributed by atoms with E-state index in [0.717, 1.165) is 23.3 Å². The van der Waals surface area contributed by atoms with E-state index < -0.39 is 16.0 Å². The van der Waals surface area contributed by atoms with Gasteiger partial charge < -0.3 is 25.0 Å². The lowest BCUT2D eigenvalue weighted by Gasteiger charge is -2.24. The van der Waals surface area contributed by atoms with Gasteiger partial charge in [0, 0.05) is 36.3 Å². The van der Waals surface area contributed by atoms with Crippen LogP contribution in [0.1, 0.15) is 27.0 Å². The minimum absolute atomic E-state index is 0.313. The molecule has 0 bridgehead atoms. The van der Waals surface area contributed by atoms with E-state index in [1.807, 2.05) is 37.2 Å². The largest absolute Gasteiger partial charge is 0.493 e. The number of ether oxygens (including phenoxy) is 2. The zero-order chi connectivity index (χ0) is 29.3. The summed E-state index contributed by atoms with van der Waals surface area (Å²) in [6.45, 7) is 1.48. The molecule has 11 heteroatoms. The molecule has 0 saturated heterocycles. The Morgan fingerprint density at radius 3 is 2.44 bits per heavy atom. The molecule has 2 aliphatic heterocycles. The average Bonchev–Trinajstić information content (AvgIpc) is 3.53. The van der Waals surface area contributed by atoms with Crippen LogP contribution in [0.3, 0.4) is 0 Å². The summed E-state index contributed by atoms with van der Waals surface area (Å²) in [6, 6.07) is 17.8. The molecule has 0 spiro atoms. The summed E-state index contributed by atoms with van der Waals surface area (Å²) in [5.74, 6) is -0.0565. The summed E-state index contributed by atoms with van der Waals surface area (Å²) < 4.78 is 37.0. The molecule has 214 valence electrons. The first-order chi connectivity index (χ1) is 19.5. The van der Waals surface area contributed by atoms with Crippen LogP contribution in [0.25, 0.3) is 11.3 Å². The van der Waals surface area contributed by atoms with Crippen molar-refractivity contribution in [1.82, 2.24) is 4.90 Å². The van der Waals surface area contributed by atoms with Crippen molar-refractivity contribution in [2.24, 2.45) is 0 Å². The second-order valence-corrected chi connectivity index (χ2v) is 12.1. The number of carbonyl (C=O) groups is 2. The van der Waals surface area contributed by atoms with E-state index in [9.17, 15) is 18.0 Å². The van der Waals surface area contributed by atoms with Gasteiger partial charge in [-0.15, -0.1) is 0 Å². The van der Waals surface area contributed by atoms with Gasteiger partial charge in [-0.2, -0.15) is 0 Å². The van der Waals surface area contributed by atoms with E-state index in [1.165, 1.54) is 17.7 Å². The predicted octanol–water partition coefficient (Wildman–Crippen LogP) is 3.67. The average molecular weight is 577 g/mol. The van der Waals surface area contributed by atoms with Crippen LogP contribution in [0, 0.1) is 0 Å². The third kappa shape index (κ3) is 5.91. The van der Waals surface area contributed by atoms with Gasteiger partial charge in [0.25, 0.3) is 5.91 Å². The first-order valence-electron chi connectivity index (χ1n) is 13.1. The second kappa shape index (κ2) is 11.3. The maximum atomic E-state index is 13.4. The third-order valence-corrected chi connectivity index (χ3v) is 8.19. The lowest BCUT2D eigenvalue weighted by atomic mass is 9.98. The van der Waals surface area contributed by atoms with Crippen molar-refractivity contribution in [3.8, 4) is 5.75 Å². The van der Waals surface area contributed by atoms with E-state index in [0.29, 0.717) is 59.2 Å². The number of sulfonamides is 1. The van der Waals surface area contributed by atoms with Crippen molar-refractivity contribution in [1.29, 1.82) is 0 Å². The fourth-order valence-corrected chi connectivity index (χ4v) is 5.82. The Kier molecular flexibility index (Phi) is 7.74. The molecule has 0 atom stereocenters. The smallest absolute Gasteiger partial charge is 0.337 e. The van der Waals surface area contributed by atoms with Crippen LogP contribution in [0.5, 0.6) is 5.75 Å². The van der Waals surface area contributed by atoms with Crippen LogP contribution in [0.15, 0.2) is 60.7 Å². The molecule has 2 N–H and O–H groups in total.